The summed E-state index contributed by atoms with van der Waals surface area (Å²) in [6.45, 7) is 18.3. The average Bonchev–Trinajstić information content (AvgIpc) is 2.32. The van der Waals surface area contributed by atoms with Crippen LogP contribution in [-0.4, -0.2) is 30.1 Å². The predicted molar refractivity (Wildman–Crippen MR) is 120 cm³/mol. The molecule has 0 aliphatic rings. The van der Waals surface area contributed by atoms with Crippen molar-refractivity contribution in [1.29, 1.82) is 0 Å². The number of rotatable bonds is 6. The van der Waals surface area contributed by atoms with Crippen molar-refractivity contribution in [3.05, 3.63) is 0 Å². The molecule has 0 saturated heterocycles. The molecule has 22 heavy (non-hydrogen) atoms. The van der Waals surface area contributed by atoms with Crippen molar-refractivity contribution in [1.82, 2.24) is 0 Å². The van der Waals surface area contributed by atoms with Crippen molar-refractivity contribution in [3.63, 3.8) is 0 Å². The van der Waals surface area contributed by atoms with Crippen LogP contribution in [0.15, 0.2) is 0 Å². The monoisotopic (exact) mass is 696 g/mol. The summed E-state index contributed by atoms with van der Waals surface area (Å²) in [5, 5.41) is 0. The van der Waals surface area contributed by atoms with Crippen LogP contribution in [0.1, 0.15) is 81.1 Å². The quantitative estimate of drug-likeness (QED) is 0.243. The average molecular weight is 697 g/mol. The molecule has 0 amide bonds. The molecular weight excluding hydrogens is 660 g/mol. The van der Waals surface area contributed by atoms with Gasteiger partial charge >= 0.3 is 170 Å². The van der Waals surface area contributed by atoms with Gasteiger partial charge in [-0.15, -0.1) is 0 Å². The zero-order valence-electron chi connectivity index (χ0n) is 15.8. The molecule has 0 aromatic rings. The molecule has 0 spiro atoms. The van der Waals surface area contributed by atoms with Gasteiger partial charge in [0.05, 0.1) is 0 Å². The maximum absolute atomic E-state index is 6.27. The fraction of sp³-hybridized carbons (Fsp3) is 1.00. The molecule has 0 unspecified atom stereocenters. The van der Waals surface area contributed by atoms with Gasteiger partial charge in [0.15, 0.2) is 0 Å². The van der Waals surface area contributed by atoms with Crippen LogP contribution in [0, 0.1) is 0 Å². The number of halogens is 4. The van der Waals surface area contributed by atoms with Crippen molar-refractivity contribution < 1.29 is 0 Å². The van der Waals surface area contributed by atoms with Gasteiger partial charge in [-0.25, -0.2) is 0 Å². The first-order valence-corrected chi connectivity index (χ1v) is 35.3. The van der Waals surface area contributed by atoms with E-state index in [1.165, 1.54) is 25.7 Å². The van der Waals surface area contributed by atoms with Gasteiger partial charge in [0, 0.05) is 0 Å². The van der Waals surface area contributed by atoms with E-state index in [0.29, 0.717) is 6.86 Å². The Kier molecular flexibility index (Phi) is 14.6. The Morgan fingerprint density at radius 1 is 0.727 bits per heavy atom. The van der Waals surface area contributed by atoms with Gasteiger partial charge in [-0.2, -0.15) is 0 Å². The second kappa shape index (κ2) is 11.8. The summed E-state index contributed by atoms with van der Waals surface area (Å²) in [4.78, 5) is 0. The van der Waals surface area contributed by atoms with Crippen LogP contribution < -0.4 is 0 Å². The molecule has 136 valence electrons. The van der Waals surface area contributed by atoms with Crippen molar-refractivity contribution in [2.45, 2.75) is 96.8 Å². The molecule has 0 rings (SSSR count). The standard InChI is InChI=1S/4C4H9.2BrH.2ClH.2Sn/c2*1-4(2)3;2*1-3-4-2;;;;;;/h2*1-3H3;2*1,3-4H2,2H3;4*1H;;/q;;;;;;;;2*+2/p-4. The third-order valence-electron chi connectivity index (χ3n) is 3.68. The summed E-state index contributed by atoms with van der Waals surface area (Å²) in [5.74, 6) is 0. The third kappa shape index (κ3) is 11.7. The second-order valence-electron chi connectivity index (χ2n) is 8.14. The molecule has 0 N–H and O–H groups in total. The molecule has 0 aliphatic heterocycles. The van der Waals surface area contributed by atoms with Crippen LogP contribution in [0.4, 0.5) is 0 Å². The van der Waals surface area contributed by atoms with Gasteiger partial charge in [0.25, 0.3) is 0 Å². The van der Waals surface area contributed by atoms with E-state index in [1.54, 1.807) is 0 Å². The summed E-state index contributed by atoms with van der Waals surface area (Å²) in [6, 6.07) is 0. The van der Waals surface area contributed by atoms with E-state index in [1.807, 2.05) is 0 Å². The van der Waals surface area contributed by atoms with Crippen molar-refractivity contribution in [3.8, 4) is 0 Å². The van der Waals surface area contributed by atoms with Gasteiger partial charge in [-0.3, -0.25) is 0 Å². The van der Waals surface area contributed by atoms with E-state index in [9.17, 15) is 0 Å². The zero-order valence-corrected chi connectivity index (χ0v) is 26.1. The van der Waals surface area contributed by atoms with E-state index in [0.717, 1.165) is 8.87 Å². The summed E-state index contributed by atoms with van der Waals surface area (Å²) in [6.07, 6.45) is 4.91. The minimum absolute atomic E-state index is 0.424. The van der Waals surface area contributed by atoms with Gasteiger partial charge in [0.1, 0.15) is 0 Å². The van der Waals surface area contributed by atoms with Crippen LogP contribution in [0.3, 0.4) is 0 Å². The second-order valence-corrected chi connectivity index (χ2v) is 61.8. The zero-order chi connectivity index (χ0) is 18.2. The SMILES string of the molecule is CCC[CH2][Sn]([Cl])([Cl])[CH2]CCC.C[C](C)(C)[Sn]([Br])([Br])[C](C)(C)C. The fourth-order valence-corrected chi connectivity index (χ4v) is 17.8. The molecule has 0 fully saturated rings. The molecule has 0 bridgehead atoms. The number of hydrogen-bond acceptors (Lipinski definition) is 0. The molecule has 0 heterocycles. The summed E-state index contributed by atoms with van der Waals surface area (Å²) in [7, 11) is 12.5. The van der Waals surface area contributed by atoms with Gasteiger partial charge in [0.2, 0.25) is 0 Å². The first kappa shape index (κ1) is 27.4. The summed E-state index contributed by atoms with van der Waals surface area (Å²) >= 11 is 3.17. The van der Waals surface area contributed by atoms with E-state index in [2.05, 4.69) is 80.8 Å². The van der Waals surface area contributed by atoms with Crippen molar-refractivity contribution >= 4 is 73.3 Å². The van der Waals surface area contributed by atoms with Crippen LogP contribution in [0.2, 0.25) is 15.7 Å². The summed E-state index contributed by atoms with van der Waals surface area (Å²) < 4.78 is 3.14. The molecule has 0 saturated carbocycles. The Hall–Kier alpha value is 3.14. The molecule has 0 aromatic carbocycles. The topological polar surface area (TPSA) is 0 Å². The van der Waals surface area contributed by atoms with Crippen LogP contribution >= 0.6 is 43.3 Å². The Morgan fingerprint density at radius 3 is 1.14 bits per heavy atom. The normalized spacial score (nSPS) is 13.6. The number of hydrogen-bond donors (Lipinski definition) is 0. The molecule has 6 heteroatoms. The van der Waals surface area contributed by atoms with E-state index in [-0.39, 0.29) is 0 Å². The molecule has 0 radical (unpaired) electrons. The van der Waals surface area contributed by atoms with E-state index in [4.69, 9.17) is 17.8 Å². The molecule has 0 aromatic heterocycles. The summed E-state index contributed by atoms with van der Waals surface area (Å²) in [5.41, 5.74) is 0. The Morgan fingerprint density at radius 2 is 1.00 bits per heavy atom. The first-order valence-electron chi connectivity index (χ1n) is 8.38. The molecule has 0 aliphatic carbocycles. The van der Waals surface area contributed by atoms with E-state index < -0.39 is 30.1 Å². The first-order chi connectivity index (χ1) is 9.62. The van der Waals surface area contributed by atoms with Gasteiger partial charge in [-0.1, -0.05) is 0 Å². The van der Waals surface area contributed by atoms with Crippen LogP contribution in [-0.2, 0) is 0 Å². The van der Waals surface area contributed by atoms with Crippen LogP contribution in [0.5, 0.6) is 0 Å². The number of unbranched alkanes of at least 4 members (excludes halogenated alkanes) is 2. The molecular formula is C16H36Br2Cl2Sn2. The maximum atomic E-state index is 6.27. The Labute approximate surface area is 167 Å². The van der Waals surface area contributed by atoms with Crippen molar-refractivity contribution in [2.75, 3.05) is 0 Å². The van der Waals surface area contributed by atoms with Crippen molar-refractivity contribution in [2.24, 2.45) is 0 Å². The molecule has 0 atom stereocenters. The third-order valence-corrected chi connectivity index (χ3v) is 57.6. The predicted octanol–water partition coefficient (Wildman–Crippen LogP) is 9.32. The van der Waals surface area contributed by atoms with E-state index >= 15 is 0 Å². The van der Waals surface area contributed by atoms with Gasteiger partial charge < -0.3 is 0 Å². The minimum atomic E-state index is -2.49. The van der Waals surface area contributed by atoms with Gasteiger partial charge in [-0.05, 0) is 0 Å². The molecule has 0 nitrogen and oxygen atoms in total. The Balaban J connectivity index is 0. The Bertz CT molecular complexity index is 270. The fourth-order valence-electron chi connectivity index (χ4n) is 2.12. The van der Waals surface area contributed by atoms with Crippen LogP contribution in [0.25, 0.3) is 0 Å².